The lowest BCUT2D eigenvalue weighted by Gasteiger charge is -2.34. The average molecular weight is 719 g/mol. The fraction of sp³-hybridized carbons (Fsp3) is 0.371. The Labute approximate surface area is 299 Å². The predicted octanol–water partition coefficient (Wildman–Crippen LogP) is 3.58. The van der Waals surface area contributed by atoms with Gasteiger partial charge in [0.05, 0.1) is 52.4 Å². The van der Waals surface area contributed by atoms with Crippen molar-refractivity contribution < 1.29 is 19.1 Å². The van der Waals surface area contributed by atoms with E-state index >= 15 is 0 Å². The third kappa shape index (κ3) is 6.65. The van der Waals surface area contributed by atoms with Crippen LogP contribution in [0.5, 0.6) is 5.88 Å². The molecule has 0 spiro atoms. The zero-order valence-electron chi connectivity index (χ0n) is 27.7. The molecule has 15 heteroatoms. The van der Waals surface area contributed by atoms with Crippen LogP contribution in [-0.2, 0) is 36.1 Å². The Morgan fingerprint density at radius 3 is 2.64 bits per heavy atom. The maximum Gasteiger partial charge on any atom is 0.291 e. The van der Waals surface area contributed by atoms with E-state index in [2.05, 4.69) is 31.2 Å². The van der Waals surface area contributed by atoms with Gasteiger partial charge in [-0.2, -0.15) is 0 Å². The summed E-state index contributed by atoms with van der Waals surface area (Å²) in [7, 11) is 3.38. The summed E-state index contributed by atoms with van der Waals surface area (Å²) in [4.78, 5) is 53.6. The van der Waals surface area contributed by atoms with E-state index < -0.39 is 5.91 Å². The molecule has 0 aliphatic carbocycles. The van der Waals surface area contributed by atoms with Crippen molar-refractivity contribution in [1.29, 1.82) is 0 Å². The number of imidazole rings is 1. The summed E-state index contributed by atoms with van der Waals surface area (Å²) in [5, 5.41) is 13.0. The summed E-state index contributed by atoms with van der Waals surface area (Å²) < 4.78 is 7.40. The van der Waals surface area contributed by atoms with Crippen molar-refractivity contribution in [2.45, 2.75) is 38.4 Å². The maximum atomic E-state index is 13.5. The van der Waals surface area contributed by atoms with Gasteiger partial charge in [0.25, 0.3) is 5.91 Å². The Hall–Kier alpha value is -4.56. The van der Waals surface area contributed by atoms with Crippen molar-refractivity contribution in [3.8, 4) is 28.4 Å². The number of carbonyl (C=O) groups is 3. The molecule has 1 aromatic carbocycles. The van der Waals surface area contributed by atoms with E-state index in [0.29, 0.717) is 91.2 Å². The Morgan fingerprint density at radius 1 is 1.06 bits per heavy atom. The standard InChI is InChI=1S/C35H37Cl2N9O4/c1-45-27-11-13-46(35(49)20-15-38-16-20)18-26(27)42-32(45)33(48)43-25-5-3-4-23(29(25)36)31-30(37)22(10-12-40-31)24-8-6-19(34(44-24)50-2)14-39-17-21-7-9-28(47)41-21/h3-6,8,10,12,20-21,38-39H,7,9,11,13-18H2,1-2H3,(H,41,47)(H,43,48)/t21-/m1/s1. The number of nitrogens with one attached hydrogen (secondary N) is 4. The van der Waals surface area contributed by atoms with E-state index in [1.807, 2.05) is 24.1 Å². The zero-order chi connectivity index (χ0) is 34.9. The van der Waals surface area contributed by atoms with Crippen LogP contribution in [-0.4, -0.2) is 81.5 Å². The minimum Gasteiger partial charge on any atom is -0.481 e. The molecule has 0 saturated carbocycles. The summed E-state index contributed by atoms with van der Waals surface area (Å²) in [5.41, 5.74) is 5.08. The van der Waals surface area contributed by atoms with Crippen LogP contribution in [0.3, 0.4) is 0 Å². The van der Waals surface area contributed by atoms with Crippen LogP contribution in [0.4, 0.5) is 5.69 Å². The van der Waals surface area contributed by atoms with Gasteiger partial charge in [-0.3, -0.25) is 19.4 Å². The van der Waals surface area contributed by atoms with E-state index in [1.165, 1.54) is 0 Å². The van der Waals surface area contributed by atoms with Gasteiger partial charge in [0.15, 0.2) is 5.82 Å². The highest BCUT2D eigenvalue weighted by molar-refractivity contribution is 6.39. The van der Waals surface area contributed by atoms with Gasteiger partial charge in [-0.15, -0.1) is 0 Å². The quantitative estimate of drug-likeness (QED) is 0.193. The Kier molecular flexibility index (Phi) is 9.73. The number of nitrogens with zero attached hydrogens (tertiary/aromatic N) is 5. The van der Waals surface area contributed by atoms with Gasteiger partial charge in [0.2, 0.25) is 17.7 Å². The Bertz CT molecular complexity index is 1980. The molecule has 0 radical (unpaired) electrons. The third-order valence-corrected chi connectivity index (χ3v) is 10.3. The summed E-state index contributed by atoms with van der Waals surface area (Å²) in [6.07, 6.45) is 3.62. The number of ether oxygens (including phenoxy) is 1. The zero-order valence-corrected chi connectivity index (χ0v) is 29.2. The number of rotatable bonds is 10. The number of fused-ring (bicyclic) bond motifs is 1. The molecular formula is C35H37Cl2N9O4. The molecule has 2 saturated heterocycles. The van der Waals surface area contributed by atoms with E-state index in [9.17, 15) is 14.4 Å². The monoisotopic (exact) mass is 717 g/mol. The molecule has 4 aromatic rings. The number of hydrogen-bond donors (Lipinski definition) is 4. The first-order valence-electron chi connectivity index (χ1n) is 16.5. The van der Waals surface area contributed by atoms with Crippen molar-refractivity contribution in [2.75, 3.05) is 38.6 Å². The highest BCUT2D eigenvalue weighted by Gasteiger charge is 2.33. The van der Waals surface area contributed by atoms with Crippen LogP contribution in [0.2, 0.25) is 10.0 Å². The molecular weight excluding hydrogens is 681 g/mol. The topological polar surface area (TPSA) is 155 Å². The van der Waals surface area contributed by atoms with Crippen molar-refractivity contribution in [2.24, 2.45) is 13.0 Å². The summed E-state index contributed by atoms with van der Waals surface area (Å²) in [6, 6.07) is 10.9. The van der Waals surface area contributed by atoms with Gasteiger partial charge in [0, 0.05) is 87.2 Å². The predicted molar refractivity (Wildman–Crippen MR) is 189 cm³/mol. The van der Waals surface area contributed by atoms with Crippen LogP contribution in [0.1, 0.15) is 40.4 Å². The Balaban J connectivity index is 1.08. The lowest BCUT2D eigenvalue weighted by molar-refractivity contribution is -0.138. The minimum absolute atomic E-state index is 0.00724. The van der Waals surface area contributed by atoms with Crippen LogP contribution in [0, 0.1) is 5.92 Å². The molecule has 3 amide bonds. The first kappa shape index (κ1) is 33.9. The molecule has 260 valence electrons. The summed E-state index contributed by atoms with van der Waals surface area (Å²) in [5.74, 6) is 0.477. The van der Waals surface area contributed by atoms with Gasteiger partial charge in [-0.05, 0) is 24.6 Å². The number of benzene rings is 1. The van der Waals surface area contributed by atoms with Crippen LogP contribution < -0.4 is 26.0 Å². The molecule has 0 unspecified atom stereocenters. The average Bonchev–Trinajstić information content (AvgIpc) is 3.66. The Morgan fingerprint density at radius 2 is 1.90 bits per heavy atom. The lowest BCUT2D eigenvalue weighted by atomic mass is 10.00. The third-order valence-electron chi connectivity index (χ3n) is 9.49. The summed E-state index contributed by atoms with van der Waals surface area (Å²) in [6.45, 7) is 3.54. The molecule has 50 heavy (non-hydrogen) atoms. The first-order valence-corrected chi connectivity index (χ1v) is 17.3. The SMILES string of the molecule is COc1nc(-c2ccnc(-c3cccc(NC(=O)c4nc5c(n4C)CCN(C(=O)C4CNC4)C5)c3Cl)c2Cl)ccc1CNC[C@H]1CCC(=O)N1. The normalized spacial score (nSPS) is 17.2. The number of aromatic nitrogens is 4. The van der Waals surface area contributed by atoms with E-state index in [0.717, 1.165) is 23.4 Å². The molecule has 0 bridgehead atoms. The molecule has 4 N–H and O–H groups in total. The van der Waals surface area contributed by atoms with Crippen LogP contribution in [0.25, 0.3) is 22.5 Å². The number of halogens is 2. The number of carbonyl (C=O) groups excluding carboxylic acids is 3. The second-order valence-corrected chi connectivity index (χ2v) is 13.4. The van der Waals surface area contributed by atoms with Gasteiger partial charge in [-0.1, -0.05) is 41.4 Å². The molecule has 3 aromatic heterocycles. The van der Waals surface area contributed by atoms with Gasteiger partial charge in [-0.25, -0.2) is 9.97 Å². The van der Waals surface area contributed by atoms with Crippen molar-refractivity contribution in [1.82, 2.24) is 40.4 Å². The van der Waals surface area contributed by atoms with Crippen molar-refractivity contribution in [3.63, 3.8) is 0 Å². The fourth-order valence-electron chi connectivity index (χ4n) is 6.60. The van der Waals surface area contributed by atoms with Crippen molar-refractivity contribution >= 4 is 46.6 Å². The number of amides is 3. The second kappa shape index (κ2) is 14.4. The number of pyridine rings is 2. The molecule has 3 aliphatic heterocycles. The fourth-order valence-corrected chi connectivity index (χ4v) is 7.17. The van der Waals surface area contributed by atoms with E-state index in [-0.39, 0.29) is 34.6 Å². The molecule has 13 nitrogen and oxygen atoms in total. The smallest absolute Gasteiger partial charge is 0.291 e. The molecule has 3 aliphatic rings. The number of hydrogen-bond acceptors (Lipinski definition) is 9. The maximum absolute atomic E-state index is 13.5. The van der Waals surface area contributed by atoms with Gasteiger partial charge in [0.1, 0.15) is 0 Å². The second-order valence-electron chi connectivity index (χ2n) is 12.7. The summed E-state index contributed by atoms with van der Waals surface area (Å²) >= 11 is 13.9. The van der Waals surface area contributed by atoms with E-state index in [1.54, 1.807) is 42.1 Å². The van der Waals surface area contributed by atoms with Gasteiger partial charge < -0.3 is 35.5 Å². The number of anilines is 1. The molecule has 6 heterocycles. The highest BCUT2D eigenvalue weighted by atomic mass is 35.5. The first-order chi connectivity index (χ1) is 24.2. The van der Waals surface area contributed by atoms with Gasteiger partial charge >= 0.3 is 0 Å². The molecule has 7 rings (SSSR count). The molecule has 2 fully saturated rings. The number of methoxy groups -OCH3 is 1. The van der Waals surface area contributed by atoms with E-state index in [4.69, 9.17) is 32.9 Å². The highest BCUT2D eigenvalue weighted by Crippen LogP contribution is 2.40. The van der Waals surface area contributed by atoms with Crippen LogP contribution in [0.15, 0.2) is 42.6 Å². The minimum atomic E-state index is -0.423. The largest absolute Gasteiger partial charge is 0.481 e. The van der Waals surface area contributed by atoms with Crippen molar-refractivity contribution in [3.05, 3.63) is 75.4 Å². The van der Waals surface area contributed by atoms with Crippen LogP contribution >= 0.6 is 23.2 Å². The lowest BCUT2D eigenvalue weighted by Crippen LogP contribution is -2.52. The molecule has 1 atom stereocenters.